The van der Waals surface area contributed by atoms with Crippen LogP contribution in [0.15, 0.2) is 279 Å². The van der Waals surface area contributed by atoms with E-state index in [1.54, 1.807) is 79.9 Å². The highest BCUT2D eigenvalue weighted by Gasteiger charge is 2.39. The van der Waals surface area contributed by atoms with Crippen molar-refractivity contribution in [1.29, 1.82) is 21.6 Å². The molecule has 21 N–H and O–H groups in total. The third-order valence-corrected chi connectivity index (χ3v) is 25.4. The van der Waals surface area contributed by atoms with Gasteiger partial charge in [-0.2, -0.15) is 26.3 Å². The molecule has 35 nitrogen and oxygen atoms in total. The number of nitrogen functional groups attached to an aromatic ring is 4. The fourth-order valence-corrected chi connectivity index (χ4v) is 17.1. The van der Waals surface area contributed by atoms with Gasteiger partial charge in [0, 0.05) is 74.9 Å². The lowest BCUT2D eigenvalue weighted by Gasteiger charge is -2.22. The molecule has 786 valence electrons. The number of aryl methyl sites for hydroxylation is 1. The normalized spacial score (nSPS) is 11.4. The third kappa shape index (κ3) is 36.3. The number of hydrogen-bond acceptors (Lipinski definition) is 26. The fraction of sp³-hybridized carbons (Fsp3) is 0.163. The Morgan fingerprint density at radius 3 is 0.900 bits per heavy atom. The second kappa shape index (κ2) is 57.4. The summed E-state index contributed by atoms with van der Waals surface area (Å²) in [6.45, 7) is 5.63. The molecule has 0 bridgehead atoms. The van der Waals surface area contributed by atoms with E-state index < -0.39 is 84.8 Å². The first kappa shape index (κ1) is 118. The van der Waals surface area contributed by atoms with Crippen molar-refractivity contribution in [2.75, 3.05) is 50.0 Å². The average molecular weight is 2160 g/mol. The number of halogens is 7. The SMILES string of the molecule is CC(C)c1ccc(NC(=O)OCC(Oc2cccc3sc(C(=N)N)cc23)c2ccccc2)cc1.COc1ccc(NC(=O)OCC(Oc2cccc3sc(C(=N)N)cc23)c2ccccc2)cc1OC.Cc1ccc(NC(=O)OCC(Oc2cccc3sc(C(=N)N)cc23)c2ccccc2)cc1Cl.N=C(N)c1cc2c(OC(CC(C(=O)O)C(=O)O)c3ccccc3)cccc2s1.O=C(O)C(F)(F)F.O=C(O)C(F)(F)F.O=CO.O=CO. The summed E-state index contributed by atoms with van der Waals surface area (Å²) < 4.78 is 119. The summed E-state index contributed by atoms with van der Waals surface area (Å²) in [4.78, 5) is 97.3. The lowest BCUT2D eigenvalue weighted by molar-refractivity contribution is -0.193. The largest absolute Gasteiger partial charge is 0.493 e. The van der Waals surface area contributed by atoms with Crippen LogP contribution in [-0.4, -0.2) is 155 Å². The number of methoxy groups -OCH3 is 2. The molecule has 11 aromatic carbocycles. The Morgan fingerprint density at radius 1 is 0.367 bits per heavy atom. The number of fused-ring (bicyclic) bond motifs is 4. The molecule has 0 fully saturated rings. The summed E-state index contributed by atoms with van der Waals surface area (Å²) in [6.07, 6.45) is -14.6. The number of benzene rings is 11. The number of carboxylic acids is 4. The Hall–Kier alpha value is -17.6. The number of aliphatic carboxylic acids is 4. The van der Waals surface area contributed by atoms with Crippen molar-refractivity contribution in [1.82, 2.24) is 0 Å². The number of alkyl halides is 6. The minimum Gasteiger partial charge on any atom is -0.493 e. The summed E-state index contributed by atoms with van der Waals surface area (Å²) in [6, 6.07) is 85.4. The molecule has 15 aromatic rings. The van der Waals surface area contributed by atoms with E-state index in [1.165, 1.54) is 58.0 Å². The maximum atomic E-state index is 12.5. The molecule has 0 saturated carbocycles. The first-order chi connectivity index (χ1) is 71.4. The van der Waals surface area contributed by atoms with Crippen molar-refractivity contribution >= 4 is 193 Å². The smallest absolute Gasteiger partial charge is 0.490 e. The second-order valence-corrected chi connectivity index (χ2v) is 35.8. The molecule has 0 aliphatic heterocycles. The van der Waals surface area contributed by atoms with Gasteiger partial charge in [-0.15, -0.1) is 45.3 Å². The van der Waals surface area contributed by atoms with Crippen molar-refractivity contribution in [3.05, 3.63) is 337 Å². The van der Waals surface area contributed by atoms with Gasteiger partial charge in [0.05, 0.1) is 33.7 Å². The Kier molecular flexibility index (Phi) is 45.0. The lowest BCUT2D eigenvalue weighted by Crippen LogP contribution is -2.27. The Balaban J connectivity index is 0.000000229. The summed E-state index contributed by atoms with van der Waals surface area (Å²) in [5.74, 6) is -6.12. The number of anilines is 3. The van der Waals surface area contributed by atoms with Crippen LogP contribution in [0.3, 0.4) is 0 Å². The summed E-state index contributed by atoms with van der Waals surface area (Å²) in [5.41, 5.74) is 29.7. The van der Waals surface area contributed by atoms with E-state index in [0.717, 1.165) is 62.6 Å². The van der Waals surface area contributed by atoms with Crippen LogP contribution in [0.25, 0.3) is 40.3 Å². The van der Waals surface area contributed by atoms with Gasteiger partial charge in [0.2, 0.25) is 0 Å². The molecular formula is C104H98ClF6N11O24S4. The molecule has 0 aliphatic carbocycles. The van der Waals surface area contributed by atoms with Crippen LogP contribution in [0.4, 0.5) is 57.8 Å². The maximum Gasteiger partial charge on any atom is 0.490 e. The zero-order chi connectivity index (χ0) is 110. The number of nitrogens with one attached hydrogen (secondary N) is 7. The zero-order valence-electron chi connectivity index (χ0n) is 79.6. The average Bonchev–Trinajstić information content (AvgIpc) is 1.67. The van der Waals surface area contributed by atoms with Gasteiger partial charge in [-0.25, -0.2) is 24.0 Å². The van der Waals surface area contributed by atoms with Crippen LogP contribution in [0, 0.1) is 34.5 Å². The van der Waals surface area contributed by atoms with Gasteiger partial charge in [0.1, 0.15) is 72.3 Å². The van der Waals surface area contributed by atoms with E-state index >= 15 is 0 Å². The molecule has 4 aromatic heterocycles. The molecule has 150 heavy (non-hydrogen) atoms. The van der Waals surface area contributed by atoms with E-state index in [9.17, 15) is 60.5 Å². The van der Waals surface area contributed by atoms with Gasteiger partial charge in [0.15, 0.2) is 35.7 Å². The van der Waals surface area contributed by atoms with E-state index in [0.29, 0.717) is 87.6 Å². The predicted octanol–water partition coefficient (Wildman–Crippen LogP) is 22.9. The van der Waals surface area contributed by atoms with Gasteiger partial charge in [-0.3, -0.25) is 56.8 Å². The molecule has 15 rings (SSSR count). The van der Waals surface area contributed by atoms with Crippen LogP contribution in [-0.2, 0) is 43.0 Å². The van der Waals surface area contributed by atoms with Crippen LogP contribution < -0.4 is 67.3 Å². The van der Waals surface area contributed by atoms with Crippen LogP contribution in [0.5, 0.6) is 34.5 Å². The molecule has 4 unspecified atom stereocenters. The summed E-state index contributed by atoms with van der Waals surface area (Å²) in [7, 11) is 3.07. The Morgan fingerprint density at radius 2 is 0.633 bits per heavy atom. The quantitative estimate of drug-likeness (QED) is 0.00465. The fourth-order valence-electron chi connectivity index (χ4n) is 13.2. The highest BCUT2D eigenvalue weighted by molar-refractivity contribution is 7.22. The topological polar surface area (TPSA) is 594 Å². The second-order valence-electron chi connectivity index (χ2n) is 31.1. The minimum absolute atomic E-state index is 0.00443. The Labute approximate surface area is 872 Å². The van der Waals surface area contributed by atoms with Crippen molar-refractivity contribution in [3.63, 3.8) is 0 Å². The van der Waals surface area contributed by atoms with E-state index in [1.807, 2.05) is 213 Å². The molecule has 0 aliphatic rings. The van der Waals surface area contributed by atoms with E-state index in [-0.39, 0.29) is 62.5 Å². The van der Waals surface area contributed by atoms with Crippen molar-refractivity contribution in [3.8, 4) is 34.5 Å². The summed E-state index contributed by atoms with van der Waals surface area (Å²) in [5, 5.41) is 89.4. The van der Waals surface area contributed by atoms with Crippen LogP contribution in [0.2, 0.25) is 5.02 Å². The highest BCUT2D eigenvalue weighted by Crippen LogP contribution is 2.42. The van der Waals surface area contributed by atoms with E-state index in [2.05, 4.69) is 29.8 Å². The van der Waals surface area contributed by atoms with Crippen molar-refractivity contribution in [2.24, 2.45) is 28.9 Å². The highest BCUT2D eigenvalue weighted by atomic mass is 35.5. The number of nitrogens with two attached hydrogens (primary N) is 4. The molecule has 4 heterocycles. The molecule has 0 radical (unpaired) electrons. The first-order valence-electron chi connectivity index (χ1n) is 43.8. The standard InChI is InChI=1S/C27H27N3O3S.C26H25N3O5S.C25H22ClN3O3S.C20H18N2O5S.2C2HF3O2.2CH2O2/c1-17(2)18-11-13-20(14-12-18)30-27(31)32-16-23(19-7-4-3-5-8-19)33-22-9-6-10-24-21(22)15-25(34-24)26(28)29;1-31-20-12-11-17(13-21(20)32-2)29-26(30)33-15-22(16-7-4-3-5-8-16)34-19-9-6-10-23-18(19)14-24(35-23)25(27)28;1-15-10-11-17(12-19(15)26)29-25(30)31-14-21(16-6-3-2-4-7-16)32-20-8-5-9-22-18(20)13-23(33-22)24(27)28;21-18(22)17-10-12-14(7-4-8-16(12)28-17)27-15(11-5-2-1-3-6-11)9-13(19(23)24)20(25)26;2*3-2(4,5)1(6)7;2*2-1-3/h3-15,17,23H,16H2,1-2H3,(H3,28,29)(H,30,31);3-14,22H,15H2,1-2H3,(H3,27,28)(H,29,30);2-13,21H,14H2,1H3,(H3,27,28)(H,29,30);1-8,10,13,15H,9H2,(H3,21,22)(H,23,24)(H,25,26);2*(H,6,7);2*1H,(H,2,3). The number of rotatable bonds is 32. The van der Waals surface area contributed by atoms with Crippen LogP contribution >= 0.6 is 56.9 Å². The number of amidine groups is 4. The van der Waals surface area contributed by atoms with Gasteiger partial charge in [-0.05, 0) is 155 Å². The molecular weight excluding hydrogens is 2060 g/mol. The zero-order valence-corrected chi connectivity index (χ0v) is 83.6. The maximum absolute atomic E-state index is 12.5. The number of hydrogen-bond donors (Lipinski definition) is 17. The van der Waals surface area contributed by atoms with Gasteiger partial charge >= 0.3 is 54.5 Å². The molecule has 0 saturated heterocycles. The number of ether oxygens (including phenoxy) is 9. The van der Waals surface area contributed by atoms with E-state index in [4.69, 9.17) is 138 Å². The number of carboxylic acid groups (broad SMARTS) is 6. The van der Waals surface area contributed by atoms with Gasteiger partial charge in [-0.1, -0.05) is 189 Å². The Bertz CT molecular complexity index is 7110. The number of thiophene rings is 4. The van der Waals surface area contributed by atoms with Crippen molar-refractivity contribution < 1.29 is 143 Å². The number of carbonyl (C=O) groups excluding carboxylic acids is 3. The molecule has 3 amide bonds. The third-order valence-electron chi connectivity index (χ3n) is 20.4. The van der Waals surface area contributed by atoms with Gasteiger partial charge < -0.3 is 96.2 Å². The molecule has 46 heteroatoms. The molecule has 4 atom stereocenters. The number of carbonyl (C=O) groups is 9. The minimum atomic E-state index is -5.08. The first-order valence-corrected chi connectivity index (χ1v) is 47.5. The van der Waals surface area contributed by atoms with Gasteiger partial charge in [0.25, 0.3) is 12.9 Å². The van der Waals surface area contributed by atoms with Crippen LogP contribution in [0.1, 0.15) is 103 Å². The monoisotopic (exact) mass is 2160 g/mol. The molecule has 0 spiro atoms. The lowest BCUT2D eigenvalue weighted by atomic mass is 9.96. The van der Waals surface area contributed by atoms with Crippen molar-refractivity contribution in [2.45, 2.75) is 69.9 Å². The number of amides is 3. The summed E-state index contributed by atoms with van der Waals surface area (Å²) >= 11 is 11.8. The predicted molar refractivity (Wildman–Crippen MR) is 560 cm³/mol.